The highest BCUT2D eigenvalue weighted by molar-refractivity contribution is 6.21. The summed E-state index contributed by atoms with van der Waals surface area (Å²) in [4.78, 5) is 36.5. The number of benzene rings is 1. The number of piperidine rings is 1. The lowest BCUT2D eigenvalue weighted by atomic mass is 9.90. The molecule has 18 heavy (non-hydrogen) atoms. The van der Waals surface area contributed by atoms with Gasteiger partial charge in [-0.3, -0.25) is 19.3 Å². The van der Waals surface area contributed by atoms with Gasteiger partial charge in [-0.25, -0.2) is 0 Å². The van der Waals surface area contributed by atoms with E-state index < -0.39 is 5.92 Å². The van der Waals surface area contributed by atoms with Crippen molar-refractivity contribution in [1.29, 1.82) is 0 Å². The molecular formula is C14H15NO3. The first-order valence-corrected chi connectivity index (χ1v) is 5.90. The second-order valence-electron chi connectivity index (χ2n) is 4.61. The fraction of sp³-hybridized carbons (Fsp3) is 0.357. The van der Waals surface area contributed by atoms with Crippen molar-refractivity contribution < 1.29 is 14.4 Å². The molecule has 0 radical (unpaired) electrons. The average molecular weight is 245 g/mol. The molecule has 0 spiro atoms. The van der Waals surface area contributed by atoms with E-state index in [1.54, 1.807) is 4.90 Å². The maximum Gasteiger partial charge on any atom is 0.164 e. The molecule has 0 aliphatic carbocycles. The van der Waals surface area contributed by atoms with Crippen LogP contribution in [0.3, 0.4) is 0 Å². The number of Topliss-reactive ketones (excluding diaryl/α,β-unsaturated/α-hetero) is 3. The molecule has 4 heteroatoms. The Kier molecular flexibility index (Phi) is 3.67. The van der Waals surface area contributed by atoms with Crippen molar-refractivity contribution in [2.24, 2.45) is 5.92 Å². The number of hydrogen-bond acceptors (Lipinski definition) is 4. The van der Waals surface area contributed by atoms with Crippen LogP contribution in [0.15, 0.2) is 30.3 Å². The molecule has 0 saturated carbocycles. The Bertz CT molecular complexity index is 463. The summed E-state index contributed by atoms with van der Waals surface area (Å²) in [6, 6.07) is 9.66. The summed E-state index contributed by atoms with van der Waals surface area (Å²) >= 11 is 0. The van der Waals surface area contributed by atoms with E-state index in [0.717, 1.165) is 5.56 Å². The molecule has 1 aromatic carbocycles. The van der Waals surface area contributed by atoms with Crippen molar-refractivity contribution in [3.8, 4) is 0 Å². The van der Waals surface area contributed by atoms with Gasteiger partial charge in [-0.2, -0.15) is 0 Å². The van der Waals surface area contributed by atoms with Crippen LogP contribution in [0.1, 0.15) is 12.5 Å². The summed E-state index contributed by atoms with van der Waals surface area (Å²) in [5, 5.41) is 0. The first-order valence-electron chi connectivity index (χ1n) is 5.90. The van der Waals surface area contributed by atoms with Gasteiger partial charge in [0.25, 0.3) is 0 Å². The van der Waals surface area contributed by atoms with Crippen molar-refractivity contribution in [2.45, 2.75) is 13.5 Å². The molecule has 94 valence electrons. The standard InChI is InChI=1S/C14H15NO3/c1-10(16)14-12(17)8-15(9-13(14)18)7-11-5-3-2-4-6-11/h2-6,14H,7-9H2,1H3. The summed E-state index contributed by atoms with van der Waals surface area (Å²) < 4.78 is 0. The second-order valence-corrected chi connectivity index (χ2v) is 4.61. The molecular weight excluding hydrogens is 230 g/mol. The first-order chi connectivity index (χ1) is 8.58. The monoisotopic (exact) mass is 245 g/mol. The van der Waals surface area contributed by atoms with Gasteiger partial charge in [-0.15, -0.1) is 0 Å². The molecule has 0 atom stereocenters. The number of nitrogens with zero attached hydrogens (tertiary/aromatic N) is 1. The number of hydrogen-bond donors (Lipinski definition) is 0. The highest BCUT2D eigenvalue weighted by Gasteiger charge is 2.36. The zero-order chi connectivity index (χ0) is 13.1. The number of likely N-dealkylation sites (tertiary alicyclic amines) is 1. The van der Waals surface area contributed by atoms with E-state index in [1.807, 2.05) is 30.3 Å². The van der Waals surface area contributed by atoms with Crippen LogP contribution >= 0.6 is 0 Å². The SMILES string of the molecule is CC(=O)C1C(=O)CN(Cc2ccccc2)CC1=O. The molecule has 1 heterocycles. The number of carbonyl (C=O) groups excluding carboxylic acids is 3. The van der Waals surface area contributed by atoms with Crippen LogP contribution in [0, 0.1) is 5.92 Å². The minimum atomic E-state index is -1.03. The van der Waals surface area contributed by atoms with Crippen molar-refractivity contribution in [3.05, 3.63) is 35.9 Å². The van der Waals surface area contributed by atoms with Crippen molar-refractivity contribution >= 4 is 17.3 Å². The minimum absolute atomic E-state index is 0.172. The highest BCUT2D eigenvalue weighted by atomic mass is 16.2. The highest BCUT2D eigenvalue weighted by Crippen LogP contribution is 2.14. The number of carbonyl (C=O) groups is 3. The Morgan fingerprint density at radius 1 is 1.17 bits per heavy atom. The quantitative estimate of drug-likeness (QED) is 0.741. The third-order valence-electron chi connectivity index (χ3n) is 3.06. The third-order valence-corrected chi connectivity index (χ3v) is 3.06. The molecule has 0 N–H and O–H groups in total. The first kappa shape index (κ1) is 12.6. The predicted octanol–water partition coefficient (Wildman–Crippen LogP) is 0.846. The van der Waals surface area contributed by atoms with Crippen LogP contribution in [-0.2, 0) is 20.9 Å². The van der Waals surface area contributed by atoms with E-state index in [-0.39, 0.29) is 30.4 Å². The van der Waals surface area contributed by atoms with E-state index in [4.69, 9.17) is 0 Å². The molecule has 0 amide bonds. The normalized spacial score (nSPS) is 18.1. The third kappa shape index (κ3) is 2.71. The maximum atomic E-state index is 11.8. The van der Waals surface area contributed by atoms with Gasteiger partial charge in [0.15, 0.2) is 11.6 Å². The molecule has 0 aromatic heterocycles. The van der Waals surface area contributed by atoms with Gasteiger partial charge in [0.05, 0.1) is 13.1 Å². The van der Waals surface area contributed by atoms with Gasteiger partial charge in [-0.1, -0.05) is 30.3 Å². The molecule has 1 aliphatic rings. The molecule has 1 aromatic rings. The van der Waals surface area contributed by atoms with Crippen LogP contribution in [-0.4, -0.2) is 35.3 Å². The van der Waals surface area contributed by atoms with Crippen LogP contribution in [0.4, 0.5) is 0 Å². The summed E-state index contributed by atoms with van der Waals surface area (Å²) in [7, 11) is 0. The Morgan fingerprint density at radius 2 is 1.72 bits per heavy atom. The lowest BCUT2D eigenvalue weighted by molar-refractivity contribution is -0.143. The van der Waals surface area contributed by atoms with Gasteiger partial charge in [0.1, 0.15) is 11.7 Å². The zero-order valence-electron chi connectivity index (χ0n) is 10.3. The molecule has 0 unspecified atom stereocenters. The van der Waals surface area contributed by atoms with Crippen molar-refractivity contribution in [3.63, 3.8) is 0 Å². The Hall–Kier alpha value is -1.81. The van der Waals surface area contributed by atoms with Gasteiger partial charge in [0, 0.05) is 6.54 Å². The predicted molar refractivity (Wildman–Crippen MR) is 65.9 cm³/mol. The van der Waals surface area contributed by atoms with Gasteiger partial charge in [-0.05, 0) is 12.5 Å². The van der Waals surface area contributed by atoms with Gasteiger partial charge < -0.3 is 0 Å². The molecule has 1 saturated heterocycles. The van der Waals surface area contributed by atoms with Gasteiger partial charge in [0.2, 0.25) is 0 Å². The zero-order valence-corrected chi connectivity index (χ0v) is 10.3. The minimum Gasteiger partial charge on any atom is -0.299 e. The summed E-state index contributed by atoms with van der Waals surface area (Å²) in [5.41, 5.74) is 1.05. The lowest BCUT2D eigenvalue weighted by Gasteiger charge is -2.28. The van der Waals surface area contributed by atoms with E-state index in [0.29, 0.717) is 6.54 Å². The van der Waals surface area contributed by atoms with Crippen LogP contribution in [0.25, 0.3) is 0 Å². The van der Waals surface area contributed by atoms with Crippen molar-refractivity contribution in [1.82, 2.24) is 4.90 Å². The molecule has 0 bridgehead atoms. The largest absolute Gasteiger partial charge is 0.299 e. The lowest BCUT2D eigenvalue weighted by Crippen LogP contribution is -2.49. The van der Waals surface area contributed by atoms with E-state index in [9.17, 15) is 14.4 Å². The van der Waals surface area contributed by atoms with Crippen LogP contribution < -0.4 is 0 Å². The molecule has 4 nitrogen and oxygen atoms in total. The van der Waals surface area contributed by atoms with Crippen molar-refractivity contribution in [2.75, 3.05) is 13.1 Å². The average Bonchev–Trinajstić information content (AvgIpc) is 2.28. The Balaban J connectivity index is 2.05. The fourth-order valence-electron chi connectivity index (χ4n) is 2.27. The number of ketones is 3. The maximum absolute atomic E-state index is 11.8. The summed E-state index contributed by atoms with van der Waals surface area (Å²) in [6.07, 6.45) is 0. The number of rotatable bonds is 3. The van der Waals surface area contributed by atoms with Crippen LogP contribution in [0.5, 0.6) is 0 Å². The topological polar surface area (TPSA) is 54.5 Å². The van der Waals surface area contributed by atoms with E-state index >= 15 is 0 Å². The van der Waals surface area contributed by atoms with E-state index in [1.165, 1.54) is 6.92 Å². The van der Waals surface area contributed by atoms with Gasteiger partial charge >= 0.3 is 0 Å². The Labute approximate surface area is 106 Å². The summed E-state index contributed by atoms with van der Waals surface area (Å²) in [5.74, 6) is -1.94. The summed E-state index contributed by atoms with van der Waals surface area (Å²) in [6.45, 7) is 2.20. The fourth-order valence-corrected chi connectivity index (χ4v) is 2.27. The smallest absolute Gasteiger partial charge is 0.164 e. The molecule has 2 rings (SSSR count). The Morgan fingerprint density at radius 3 is 2.22 bits per heavy atom. The molecule has 1 fully saturated rings. The second kappa shape index (κ2) is 5.23. The van der Waals surface area contributed by atoms with E-state index in [2.05, 4.69) is 0 Å². The van der Waals surface area contributed by atoms with Crippen LogP contribution in [0.2, 0.25) is 0 Å². The molecule has 1 aliphatic heterocycles.